The minimum atomic E-state index is -4.14. The predicted octanol–water partition coefficient (Wildman–Crippen LogP) is 4.26. The fraction of sp³-hybridized carbons (Fsp3) is 0.0690. The molecule has 47 heavy (non-hydrogen) atoms. The molecule has 0 fully saturated rings. The first kappa shape index (κ1) is 36.0. The van der Waals surface area contributed by atoms with E-state index in [0.717, 1.165) is 24.3 Å². The number of rotatable bonds is 8. The molecule has 4 aromatic carbocycles. The van der Waals surface area contributed by atoms with E-state index in [0.29, 0.717) is 0 Å². The van der Waals surface area contributed by atoms with Crippen LogP contribution in [0.15, 0.2) is 110 Å². The van der Waals surface area contributed by atoms with Gasteiger partial charge in [0.05, 0.1) is 25.2 Å². The van der Waals surface area contributed by atoms with Gasteiger partial charge in [0.15, 0.2) is 5.96 Å². The predicted molar refractivity (Wildman–Crippen MR) is 170 cm³/mol. The van der Waals surface area contributed by atoms with E-state index in [-0.39, 0.29) is 32.0 Å². The zero-order chi connectivity index (χ0) is 35.3. The van der Waals surface area contributed by atoms with Gasteiger partial charge in [0, 0.05) is 17.7 Å². The van der Waals surface area contributed by atoms with Gasteiger partial charge in [-0.3, -0.25) is 29.8 Å². The van der Waals surface area contributed by atoms with Crippen LogP contribution in [0.3, 0.4) is 0 Å². The van der Waals surface area contributed by atoms with Crippen LogP contribution in [0.25, 0.3) is 0 Å². The smallest absolute Gasteiger partial charge is 0.289 e. The second-order valence-corrected chi connectivity index (χ2v) is 13.7. The summed E-state index contributed by atoms with van der Waals surface area (Å²) in [6.07, 6.45) is 0. The van der Waals surface area contributed by atoms with Crippen molar-refractivity contribution in [3.63, 3.8) is 0 Å². The number of hydrogen-bond acceptors (Lipinski definition) is 10. The molecule has 18 heteroatoms. The number of nitrogens with zero attached hydrogens (tertiary/aromatic N) is 3. The van der Waals surface area contributed by atoms with Gasteiger partial charge in [-0.15, -0.1) is 0 Å². The van der Waals surface area contributed by atoms with E-state index in [9.17, 15) is 46.7 Å². The first-order valence-corrected chi connectivity index (χ1v) is 16.3. The van der Waals surface area contributed by atoms with Gasteiger partial charge in [-0.25, -0.2) is 16.8 Å². The number of guanidine groups is 1. The molecule has 0 spiro atoms. The zero-order valence-electron chi connectivity index (χ0n) is 24.4. The summed E-state index contributed by atoms with van der Waals surface area (Å²) < 4.78 is 50.6. The molecule has 0 aliphatic rings. The van der Waals surface area contributed by atoms with Crippen molar-refractivity contribution in [2.75, 3.05) is 0 Å². The van der Waals surface area contributed by atoms with Gasteiger partial charge in [-0.2, -0.15) is 4.99 Å². The van der Waals surface area contributed by atoms with Crippen LogP contribution in [-0.2, 0) is 19.7 Å². The van der Waals surface area contributed by atoms with Crippen LogP contribution in [0.5, 0.6) is 0 Å². The average molecular weight is 702 g/mol. The van der Waals surface area contributed by atoms with Gasteiger partial charge in [0.2, 0.25) is 19.7 Å². The second kappa shape index (κ2) is 14.3. The number of nitro groups is 2. The molecule has 0 aliphatic carbocycles. The molecule has 0 heterocycles. The Hall–Kier alpha value is -5.52. The molecule has 244 valence electrons. The average Bonchev–Trinajstić information content (AvgIpc) is 3.01. The van der Waals surface area contributed by atoms with Gasteiger partial charge < -0.3 is 11.5 Å². The Balaban J connectivity index is 0.000000257. The molecule has 0 aliphatic heterocycles. The van der Waals surface area contributed by atoms with Crippen LogP contribution < -0.4 is 11.5 Å². The molecule has 0 unspecified atom stereocenters. The van der Waals surface area contributed by atoms with E-state index in [1.165, 1.54) is 62.4 Å². The van der Waals surface area contributed by atoms with Crippen molar-refractivity contribution in [3.05, 3.63) is 127 Å². The van der Waals surface area contributed by atoms with Crippen molar-refractivity contribution in [2.45, 2.75) is 33.4 Å². The third-order valence-corrected chi connectivity index (χ3v) is 10.2. The molecule has 4 aromatic rings. The van der Waals surface area contributed by atoms with Crippen LogP contribution in [0.2, 0.25) is 0 Å². The van der Waals surface area contributed by atoms with Crippen molar-refractivity contribution >= 4 is 59.8 Å². The molecule has 0 aromatic heterocycles. The lowest BCUT2D eigenvalue weighted by Gasteiger charge is -2.09. The fourth-order valence-corrected chi connectivity index (χ4v) is 7.35. The molecule has 0 saturated carbocycles. The fourth-order valence-electron chi connectivity index (χ4n) is 4.13. The van der Waals surface area contributed by atoms with E-state index in [1.54, 1.807) is 12.1 Å². The van der Waals surface area contributed by atoms with Crippen LogP contribution in [0, 0.1) is 34.1 Å². The van der Waals surface area contributed by atoms with Crippen molar-refractivity contribution < 1.29 is 36.3 Å². The lowest BCUT2D eigenvalue weighted by molar-refractivity contribution is -0.388. The number of benzene rings is 4. The number of aryl methyl sites for hydroxylation is 2. The highest BCUT2D eigenvalue weighted by molar-refractivity contribution is 7.92. The molecule has 0 radical (unpaired) electrons. The number of carbonyl (C=O) groups excluding carboxylic acids is 2. The van der Waals surface area contributed by atoms with Crippen LogP contribution in [0.1, 0.15) is 31.8 Å². The van der Waals surface area contributed by atoms with Gasteiger partial charge >= 0.3 is 0 Å². The van der Waals surface area contributed by atoms with E-state index in [2.05, 4.69) is 4.99 Å². The first-order chi connectivity index (χ1) is 21.9. The van der Waals surface area contributed by atoms with Gasteiger partial charge in [-0.1, -0.05) is 36.4 Å². The normalized spacial score (nSPS) is 11.0. The summed E-state index contributed by atoms with van der Waals surface area (Å²) in [4.78, 5) is 46.2. The van der Waals surface area contributed by atoms with Crippen molar-refractivity contribution in [3.8, 4) is 0 Å². The summed E-state index contributed by atoms with van der Waals surface area (Å²) in [5.74, 6) is -1.41. The lowest BCUT2D eigenvalue weighted by Crippen LogP contribution is -2.24. The monoisotopic (exact) mass is 701 g/mol. The zero-order valence-corrected chi connectivity index (χ0v) is 26.7. The summed E-state index contributed by atoms with van der Waals surface area (Å²) >= 11 is 5.36. The molecule has 0 atom stereocenters. The summed E-state index contributed by atoms with van der Waals surface area (Å²) in [6, 6.07) is 18.5. The summed E-state index contributed by atoms with van der Waals surface area (Å²) in [7, 11) is -8.22. The van der Waals surface area contributed by atoms with Gasteiger partial charge in [-0.05, 0) is 73.0 Å². The van der Waals surface area contributed by atoms with Crippen molar-refractivity contribution in [2.24, 2.45) is 16.5 Å². The summed E-state index contributed by atoms with van der Waals surface area (Å²) in [5, 5.41) is 21.6. The number of nitro benzene ring substituents is 2. The summed E-state index contributed by atoms with van der Waals surface area (Å²) in [5.41, 5.74) is 9.03. The Morgan fingerprint density at radius 3 is 1.38 bits per heavy atom. The molecule has 4 N–H and O–H groups in total. The maximum atomic E-state index is 12.7. The maximum Gasteiger partial charge on any atom is 0.289 e. The standard InChI is InChI=1S/C15H14N4O5S.C14H10ClNO5S/c1-9-7-13(25(23,24)10-5-3-2-4-6-10)12(19(21)22)8-11(9)14(20)18-15(16)17;1-9-7-13(12(16(18)19)8-11(9)14(15)17)22(20,21)10-5-3-2-4-6-10/h2-8H,1H3,(H4,16,17,18,20);2-8H,1H3. The quantitative estimate of drug-likeness (QED) is 0.0859. The van der Waals surface area contributed by atoms with Crippen molar-refractivity contribution in [1.29, 1.82) is 0 Å². The lowest BCUT2D eigenvalue weighted by atomic mass is 10.1. The topological polar surface area (TPSA) is 253 Å². The number of sulfone groups is 2. The minimum absolute atomic E-state index is 0.0672. The highest BCUT2D eigenvalue weighted by atomic mass is 35.5. The number of amides is 1. The largest absolute Gasteiger partial charge is 0.370 e. The Bertz CT molecular complexity index is 2150. The SMILES string of the molecule is Cc1cc(S(=O)(=O)c2ccccc2)c([N+](=O)[O-])cc1C(=O)Cl.Cc1cc(S(=O)(=O)c2ccccc2)c([N+](=O)[O-])cc1C(=O)N=C(N)N. The highest BCUT2D eigenvalue weighted by Crippen LogP contribution is 2.33. The summed E-state index contributed by atoms with van der Waals surface area (Å²) in [6.45, 7) is 2.90. The van der Waals surface area contributed by atoms with Gasteiger partial charge in [0.25, 0.3) is 22.5 Å². The molecule has 15 nitrogen and oxygen atoms in total. The van der Waals surface area contributed by atoms with Crippen LogP contribution in [-0.4, -0.2) is 43.8 Å². The second-order valence-electron chi connectivity index (χ2n) is 9.53. The maximum absolute atomic E-state index is 12.7. The molecular formula is C29H24ClN5O10S2. The minimum Gasteiger partial charge on any atom is -0.370 e. The number of halogens is 1. The van der Waals surface area contributed by atoms with E-state index in [1.807, 2.05) is 0 Å². The number of carbonyl (C=O) groups is 2. The molecule has 4 rings (SSSR count). The highest BCUT2D eigenvalue weighted by Gasteiger charge is 2.31. The molecular weight excluding hydrogens is 678 g/mol. The van der Waals surface area contributed by atoms with E-state index in [4.69, 9.17) is 23.1 Å². The van der Waals surface area contributed by atoms with Crippen LogP contribution >= 0.6 is 11.6 Å². The third kappa shape index (κ3) is 8.01. The Morgan fingerprint density at radius 1 is 0.681 bits per heavy atom. The van der Waals surface area contributed by atoms with E-state index < -0.39 is 67.8 Å². The van der Waals surface area contributed by atoms with Crippen LogP contribution in [0.4, 0.5) is 11.4 Å². The third-order valence-electron chi connectivity index (χ3n) is 6.36. The van der Waals surface area contributed by atoms with Gasteiger partial charge in [0.1, 0.15) is 9.79 Å². The number of nitrogens with two attached hydrogens (primary N) is 2. The number of hydrogen-bond donors (Lipinski definition) is 2. The molecule has 0 bridgehead atoms. The Labute approximate surface area is 272 Å². The van der Waals surface area contributed by atoms with Crippen molar-refractivity contribution in [1.82, 2.24) is 0 Å². The Morgan fingerprint density at radius 2 is 1.04 bits per heavy atom. The first-order valence-electron chi connectivity index (χ1n) is 12.9. The Kier molecular flexibility index (Phi) is 10.9. The molecule has 1 amide bonds. The van der Waals surface area contributed by atoms with E-state index >= 15 is 0 Å². The number of aliphatic imine (C=N–C) groups is 1. The molecule has 0 saturated heterocycles.